The normalized spacial score (nSPS) is 19.8. The van der Waals surface area contributed by atoms with Gasteiger partial charge in [-0.3, -0.25) is 4.79 Å². The number of anilines is 1. The minimum absolute atomic E-state index is 0.0939. The van der Waals surface area contributed by atoms with Crippen molar-refractivity contribution in [1.29, 1.82) is 0 Å². The maximum absolute atomic E-state index is 12.7. The van der Waals surface area contributed by atoms with Crippen LogP contribution in [0.5, 0.6) is 0 Å². The summed E-state index contributed by atoms with van der Waals surface area (Å²) in [6.45, 7) is -0.181. The molecular formula is C12H10ClF4NO3S. The van der Waals surface area contributed by atoms with Crippen LogP contribution in [0.25, 0.3) is 0 Å². The summed E-state index contributed by atoms with van der Waals surface area (Å²) in [5.74, 6) is -2.23. The highest BCUT2D eigenvalue weighted by Crippen LogP contribution is 2.36. The zero-order valence-electron chi connectivity index (χ0n) is 10.9. The summed E-state index contributed by atoms with van der Waals surface area (Å²) in [4.78, 5) is 12.8. The molecule has 0 aliphatic carbocycles. The molecule has 1 aliphatic rings. The molecule has 1 heterocycles. The van der Waals surface area contributed by atoms with Crippen molar-refractivity contribution in [2.75, 3.05) is 17.2 Å². The highest BCUT2D eigenvalue weighted by atomic mass is 35.5. The lowest BCUT2D eigenvalue weighted by Gasteiger charge is -2.19. The van der Waals surface area contributed by atoms with Gasteiger partial charge in [0.25, 0.3) is 0 Å². The van der Waals surface area contributed by atoms with E-state index in [4.69, 9.17) is 11.6 Å². The van der Waals surface area contributed by atoms with Crippen molar-refractivity contribution in [3.8, 4) is 0 Å². The van der Waals surface area contributed by atoms with E-state index in [1.165, 1.54) is 6.07 Å². The van der Waals surface area contributed by atoms with E-state index in [1.54, 1.807) is 0 Å². The summed E-state index contributed by atoms with van der Waals surface area (Å²) in [5, 5.41) is -0.209. The Balaban J connectivity index is 2.29. The first-order chi connectivity index (χ1) is 9.95. The third kappa shape index (κ3) is 4.10. The van der Waals surface area contributed by atoms with Gasteiger partial charge in [-0.1, -0.05) is 11.6 Å². The molecule has 2 rings (SSSR count). The minimum atomic E-state index is -4.76. The molecule has 1 aliphatic heterocycles. The molecule has 1 fully saturated rings. The van der Waals surface area contributed by atoms with E-state index in [9.17, 15) is 30.3 Å². The maximum Gasteiger partial charge on any atom is 0.416 e. The standard InChI is InChI=1S/C12H10ClF4NO3S/c13-9-2-8(12(14,15)16)3-10(4-9)18-5-7(1-11(18)19)6-22(17,20)21/h2-4,7H,1,5-6H2. The number of amides is 1. The smallest absolute Gasteiger partial charge is 0.312 e. The van der Waals surface area contributed by atoms with E-state index in [2.05, 4.69) is 0 Å². The van der Waals surface area contributed by atoms with Crippen LogP contribution in [0.15, 0.2) is 18.2 Å². The Bertz CT molecular complexity index is 705. The van der Waals surface area contributed by atoms with Gasteiger partial charge in [0.1, 0.15) is 0 Å². The molecule has 1 aromatic carbocycles. The summed E-state index contributed by atoms with van der Waals surface area (Å²) in [5.41, 5.74) is -1.12. The van der Waals surface area contributed by atoms with E-state index in [0.717, 1.165) is 17.0 Å². The van der Waals surface area contributed by atoms with Crippen molar-refractivity contribution in [1.82, 2.24) is 0 Å². The maximum atomic E-state index is 12.7. The molecule has 0 spiro atoms. The number of carbonyl (C=O) groups is 1. The average Bonchev–Trinajstić information content (AvgIpc) is 2.65. The van der Waals surface area contributed by atoms with Gasteiger partial charge in [-0.15, -0.1) is 3.89 Å². The highest BCUT2D eigenvalue weighted by Gasteiger charge is 2.36. The van der Waals surface area contributed by atoms with Crippen LogP contribution in [0.2, 0.25) is 5.02 Å². The molecule has 10 heteroatoms. The minimum Gasteiger partial charge on any atom is -0.312 e. The first kappa shape index (κ1) is 17.0. The summed E-state index contributed by atoms with van der Waals surface area (Å²) >= 11 is 5.63. The zero-order chi connectivity index (χ0) is 16.7. The van der Waals surface area contributed by atoms with Crippen LogP contribution in [0.3, 0.4) is 0 Å². The molecule has 4 nitrogen and oxygen atoms in total. The molecule has 0 N–H and O–H groups in total. The van der Waals surface area contributed by atoms with Crippen LogP contribution < -0.4 is 4.90 Å². The van der Waals surface area contributed by atoms with Gasteiger partial charge in [-0.05, 0) is 18.2 Å². The number of nitrogens with zero attached hydrogens (tertiary/aromatic N) is 1. The Hall–Kier alpha value is -1.35. The Labute approximate surface area is 128 Å². The Morgan fingerprint density at radius 3 is 2.45 bits per heavy atom. The second-order valence-corrected chi connectivity index (χ2v) is 6.82. The third-order valence-electron chi connectivity index (χ3n) is 3.16. The van der Waals surface area contributed by atoms with Gasteiger partial charge < -0.3 is 4.90 Å². The number of halogens is 5. The van der Waals surface area contributed by atoms with Crippen LogP contribution in [0.4, 0.5) is 22.7 Å². The van der Waals surface area contributed by atoms with Crippen LogP contribution in [-0.2, 0) is 21.2 Å². The molecule has 0 bridgehead atoms. The van der Waals surface area contributed by atoms with Gasteiger partial charge in [-0.2, -0.15) is 21.6 Å². The fourth-order valence-electron chi connectivity index (χ4n) is 2.32. The molecule has 0 aromatic heterocycles. The number of carbonyl (C=O) groups excluding carboxylic acids is 1. The highest BCUT2D eigenvalue weighted by molar-refractivity contribution is 7.86. The molecule has 0 radical (unpaired) electrons. The molecule has 0 saturated carbocycles. The molecule has 1 saturated heterocycles. The lowest BCUT2D eigenvalue weighted by molar-refractivity contribution is -0.137. The number of benzene rings is 1. The van der Waals surface area contributed by atoms with Gasteiger partial charge in [0.15, 0.2) is 0 Å². The van der Waals surface area contributed by atoms with Gasteiger partial charge in [-0.25, -0.2) is 0 Å². The topological polar surface area (TPSA) is 54.5 Å². The summed E-state index contributed by atoms with van der Waals surface area (Å²) in [7, 11) is -4.76. The second kappa shape index (κ2) is 5.69. The number of hydrogen-bond acceptors (Lipinski definition) is 3. The van der Waals surface area contributed by atoms with Gasteiger partial charge in [0, 0.05) is 29.6 Å². The average molecular weight is 360 g/mol. The molecular weight excluding hydrogens is 350 g/mol. The van der Waals surface area contributed by atoms with Gasteiger partial charge in [0.05, 0.1) is 11.3 Å². The number of rotatable bonds is 3. The molecule has 122 valence electrons. The fourth-order valence-corrected chi connectivity index (χ4v) is 3.33. The Kier molecular flexibility index (Phi) is 4.40. The molecule has 1 atom stereocenters. The SMILES string of the molecule is O=C1CC(CS(=O)(=O)F)CN1c1cc(Cl)cc(C(F)(F)F)c1. The van der Waals surface area contributed by atoms with E-state index < -0.39 is 39.5 Å². The van der Waals surface area contributed by atoms with E-state index in [0.29, 0.717) is 0 Å². The fraction of sp³-hybridized carbons (Fsp3) is 0.417. The lowest BCUT2D eigenvalue weighted by atomic mass is 10.1. The predicted molar refractivity (Wildman–Crippen MR) is 71.8 cm³/mol. The molecule has 1 amide bonds. The lowest BCUT2D eigenvalue weighted by Crippen LogP contribution is -2.25. The molecule has 22 heavy (non-hydrogen) atoms. The van der Waals surface area contributed by atoms with Gasteiger partial charge in [0.2, 0.25) is 5.91 Å². The predicted octanol–water partition coefficient (Wildman–Crippen LogP) is 3.01. The molecule has 1 unspecified atom stereocenters. The van der Waals surface area contributed by atoms with Crippen LogP contribution in [0, 0.1) is 5.92 Å². The first-order valence-electron chi connectivity index (χ1n) is 6.06. The third-order valence-corrected chi connectivity index (χ3v) is 4.25. The van der Waals surface area contributed by atoms with Crippen LogP contribution in [0.1, 0.15) is 12.0 Å². The Morgan fingerprint density at radius 2 is 1.91 bits per heavy atom. The molecule has 1 aromatic rings. The summed E-state index contributed by atoms with van der Waals surface area (Å²) in [6.07, 6.45) is -4.89. The largest absolute Gasteiger partial charge is 0.416 e. The van der Waals surface area contributed by atoms with E-state index >= 15 is 0 Å². The van der Waals surface area contributed by atoms with E-state index in [-0.39, 0.29) is 23.7 Å². The summed E-state index contributed by atoms with van der Waals surface area (Å²) in [6, 6.07) is 2.63. The van der Waals surface area contributed by atoms with Gasteiger partial charge >= 0.3 is 16.4 Å². The van der Waals surface area contributed by atoms with Crippen LogP contribution in [-0.4, -0.2) is 26.6 Å². The quantitative estimate of drug-likeness (QED) is 0.616. The van der Waals surface area contributed by atoms with E-state index in [1.807, 2.05) is 0 Å². The Morgan fingerprint density at radius 1 is 1.27 bits per heavy atom. The summed E-state index contributed by atoms with van der Waals surface area (Å²) < 4.78 is 72.1. The second-order valence-electron chi connectivity index (χ2n) is 4.98. The van der Waals surface area contributed by atoms with Crippen molar-refractivity contribution in [3.05, 3.63) is 28.8 Å². The number of hydrogen-bond donors (Lipinski definition) is 0. The zero-order valence-corrected chi connectivity index (χ0v) is 12.5. The monoisotopic (exact) mass is 359 g/mol. The van der Waals surface area contributed by atoms with Crippen molar-refractivity contribution < 1.29 is 30.3 Å². The van der Waals surface area contributed by atoms with Crippen molar-refractivity contribution in [2.45, 2.75) is 12.6 Å². The van der Waals surface area contributed by atoms with Crippen LogP contribution >= 0.6 is 11.6 Å². The number of alkyl halides is 3. The van der Waals surface area contributed by atoms with Crippen molar-refractivity contribution >= 4 is 33.4 Å². The first-order valence-corrected chi connectivity index (χ1v) is 7.99. The van der Waals surface area contributed by atoms with Crippen molar-refractivity contribution in [2.24, 2.45) is 5.92 Å². The van der Waals surface area contributed by atoms with Crippen molar-refractivity contribution in [3.63, 3.8) is 0 Å².